The monoisotopic (exact) mass is 297 g/mol. The highest BCUT2D eigenvalue weighted by molar-refractivity contribution is 6.31. The van der Waals surface area contributed by atoms with Crippen LogP contribution < -0.4 is 0 Å². The summed E-state index contributed by atoms with van der Waals surface area (Å²) in [5, 5.41) is 1.06. The summed E-state index contributed by atoms with van der Waals surface area (Å²) >= 11 is 5.80. The number of nitrogens with one attached hydrogen (secondary N) is 1. The zero-order valence-electron chi connectivity index (χ0n) is 10.8. The smallest absolute Gasteiger partial charge is 0.144 e. The van der Waals surface area contributed by atoms with Crippen molar-refractivity contribution >= 4 is 33.5 Å². The molecule has 3 nitrogen and oxygen atoms in total. The Morgan fingerprint density at radius 3 is 2.81 bits per heavy atom. The molecule has 5 heteroatoms. The maximum absolute atomic E-state index is 13.5. The second kappa shape index (κ2) is 4.53. The van der Waals surface area contributed by atoms with Crippen molar-refractivity contribution in [2.75, 3.05) is 0 Å². The summed E-state index contributed by atoms with van der Waals surface area (Å²) in [6.07, 6.45) is 1.73. The topological polar surface area (TPSA) is 41.6 Å². The van der Waals surface area contributed by atoms with Crippen LogP contribution in [0.25, 0.3) is 33.3 Å². The predicted molar refractivity (Wildman–Crippen MR) is 81.8 cm³/mol. The lowest BCUT2D eigenvalue weighted by atomic mass is 10.1. The van der Waals surface area contributed by atoms with Gasteiger partial charge in [-0.15, -0.1) is 0 Å². The van der Waals surface area contributed by atoms with E-state index in [1.54, 1.807) is 6.20 Å². The zero-order chi connectivity index (χ0) is 14.4. The zero-order valence-corrected chi connectivity index (χ0v) is 11.5. The number of rotatable bonds is 1. The maximum atomic E-state index is 13.5. The number of imidazole rings is 1. The van der Waals surface area contributed by atoms with Gasteiger partial charge in [0.2, 0.25) is 0 Å². The van der Waals surface area contributed by atoms with Crippen LogP contribution in [0.1, 0.15) is 0 Å². The summed E-state index contributed by atoms with van der Waals surface area (Å²) < 4.78 is 13.5. The summed E-state index contributed by atoms with van der Waals surface area (Å²) in [5.41, 5.74) is 3.07. The minimum atomic E-state index is -0.459. The lowest BCUT2D eigenvalue weighted by Gasteiger charge is -2.02. The molecule has 2 aromatic carbocycles. The Balaban J connectivity index is 2.00. The van der Waals surface area contributed by atoms with E-state index in [1.807, 2.05) is 30.3 Å². The largest absolute Gasteiger partial charge is 0.338 e. The third kappa shape index (κ3) is 1.96. The number of benzene rings is 2. The summed E-state index contributed by atoms with van der Waals surface area (Å²) in [5.74, 6) is 0.212. The Morgan fingerprint density at radius 2 is 1.90 bits per heavy atom. The SMILES string of the molecule is Fc1cc2[nH]c(-c3ccnc4ccccc34)nc2cc1Cl. The second-order valence-electron chi connectivity index (χ2n) is 4.74. The Morgan fingerprint density at radius 1 is 1.05 bits per heavy atom. The average molecular weight is 298 g/mol. The van der Waals surface area contributed by atoms with E-state index in [2.05, 4.69) is 15.0 Å². The number of para-hydroxylation sites is 1. The van der Waals surface area contributed by atoms with Crippen LogP contribution in [0.4, 0.5) is 4.39 Å². The average Bonchev–Trinajstić information content (AvgIpc) is 2.90. The summed E-state index contributed by atoms with van der Waals surface area (Å²) in [6.45, 7) is 0. The Hall–Kier alpha value is -2.46. The van der Waals surface area contributed by atoms with E-state index in [1.165, 1.54) is 12.1 Å². The molecule has 2 heterocycles. The van der Waals surface area contributed by atoms with Crippen molar-refractivity contribution in [1.29, 1.82) is 0 Å². The van der Waals surface area contributed by atoms with E-state index in [-0.39, 0.29) is 5.02 Å². The highest BCUT2D eigenvalue weighted by Gasteiger charge is 2.11. The summed E-state index contributed by atoms with van der Waals surface area (Å²) in [4.78, 5) is 12.0. The fourth-order valence-corrected chi connectivity index (χ4v) is 2.59. The molecule has 0 aliphatic heterocycles. The van der Waals surface area contributed by atoms with Crippen LogP contribution in [0.2, 0.25) is 5.02 Å². The molecule has 0 aliphatic rings. The molecule has 0 fully saturated rings. The van der Waals surface area contributed by atoms with Gasteiger partial charge in [-0.1, -0.05) is 29.8 Å². The lowest BCUT2D eigenvalue weighted by molar-refractivity contribution is 0.630. The molecule has 2 aromatic heterocycles. The number of aromatic amines is 1. The molecule has 0 spiro atoms. The van der Waals surface area contributed by atoms with Gasteiger partial charge >= 0.3 is 0 Å². The first-order valence-electron chi connectivity index (χ1n) is 6.41. The summed E-state index contributed by atoms with van der Waals surface area (Å²) in [7, 11) is 0. The number of pyridine rings is 1. The number of aromatic nitrogens is 3. The van der Waals surface area contributed by atoms with E-state index in [4.69, 9.17) is 11.6 Å². The van der Waals surface area contributed by atoms with Crippen molar-refractivity contribution in [2.24, 2.45) is 0 Å². The third-order valence-corrected chi connectivity index (χ3v) is 3.72. The van der Waals surface area contributed by atoms with Crippen molar-refractivity contribution < 1.29 is 4.39 Å². The van der Waals surface area contributed by atoms with Crippen LogP contribution in [0, 0.1) is 5.82 Å². The molecule has 21 heavy (non-hydrogen) atoms. The van der Waals surface area contributed by atoms with Crippen molar-refractivity contribution in [1.82, 2.24) is 15.0 Å². The van der Waals surface area contributed by atoms with Gasteiger partial charge in [0.15, 0.2) is 0 Å². The van der Waals surface area contributed by atoms with E-state index >= 15 is 0 Å². The van der Waals surface area contributed by atoms with Gasteiger partial charge in [-0.2, -0.15) is 0 Å². The minimum Gasteiger partial charge on any atom is -0.338 e. The molecule has 0 bridgehead atoms. The Bertz CT molecular complexity index is 934. The third-order valence-electron chi connectivity index (χ3n) is 3.43. The van der Waals surface area contributed by atoms with Crippen LogP contribution in [-0.2, 0) is 0 Å². The molecule has 0 atom stereocenters. The van der Waals surface area contributed by atoms with Crippen LogP contribution in [0.5, 0.6) is 0 Å². The number of H-pyrrole nitrogens is 1. The lowest BCUT2D eigenvalue weighted by Crippen LogP contribution is -1.85. The van der Waals surface area contributed by atoms with Gasteiger partial charge in [0.05, 0.1) is 21.6 Å². The first-order chi connectivity index (χ1) is 10.2. The van der Waals surface area contributed by atoms with E-state index < -0.39 is 5.82 Å². The predicted octanol–water partition coefficient (Wildman–Crippen LogP) is 4.57. The van der Waals surface area contributed by atoms with Gasteiger partial charge in [0.1, 0.15) is 11.6 Å². The molecular weight excluding hydrogens is 289 g/mol. The normalized spacial score (nSPS) is 11.3. The number of nitrogens with zero attached hydrogens (tertiary/aromatic N) is 2. The van der Waals surface area contributed by atoms with Gasteiger partial charge in [-0.05, 0) is 18.2 Å². The fraction of sp³-hybridized carbons (Fsp3) is 0. The molecular formula is C16H9ClFN3. The molecule has 4 aromatic rings. The van der Waals surface area contributed by atoms with Crippen molar-refractivity contribution in [3.63, 3.8) is 0 Å². The van der Waals surface area contributed by atoms with Gasteiger partial charge in [0, 0.05) is 23.2 Å². The van der Waals surface area contributed by atoms with Crippen molar-refractivity contribution in [3.05, 3.63) is 59.5 Å². The number of halogens is 2. The summed E-state index contributed by atoms with van der Waals surface area (Å²) in [6, 6.07) is 12.6. The first kappa shape index (κ1) is 12.3. The van der Waals surface area contributed by atoms with E-state index in [9.17, 15) is 4.39 Å². The highest BCUT2D eigenvalue weighted by Crippen LogP contribution is 2.28. The molecule has 0 radical (unpaired) electrons. The molecule has 1 N–H and O–H groups in total. The molecule has 102 valence electrons. The molecule has 4 rings (SSSR count). The minimum absolute atomic E-state index is 0.0696. The van der Waals surface area contributed by atoms with Gasteiger partial charge < -0.3 is 4.98 Å². The first-order valence-corrected chi connectivity index (χ1v) is 6.79. The van der Waals surface area contributed by atoms with Crippen molar-refractivity contribution in [2.45, 2.75) is 0 Å². The maximum Gasteiger partial charge on any atom is 0.144 e. The highest BCUT2D eigenvalue weighted by atomic mass is 35.5. The van der Waals surface area contributed by atoms with Crippen LogP contribution >= 0.6 is 11.6 Å². The molecule has 0 saturated heterocycles. The molecule has 0 saturated carbocycles. The van der Waals surface area contributed by atoms with Crippen LogP contribution in [0.15, 0.2) is 48.7 Å². The second-order valence-corrected chi connectivity index (χ2v) is 5.15. The number of hydrogen-bond donors (Lipinski definition) is 1. The molecule has 0 amide bonds. The fourth-order valence-electron chi connectivity index (χ4n) is 2.43. The number of fused-ring (bicyclic) bond motifs is 2. The Labute approximate surface area is 124 Å². The standard InChI is InChI=1S/C16H9ClFN3/c17-11-7-14-15(8-12(11)18)21-16(20-14)10-5-6-19-13-4-2-1-3-9(10)13/h1-8H,(H,20,21). The Kier molecular flexibility index (Phi) is 2.65. The van der Waals surface area contributed by atoms with E-state index in [0.717, 1.165) is 16.5 Å². The van der Waals surface area contributed by atoms with E-state index in [0.29, 0.717) is 16.9 Å². The van der Waals surface area contributed by atoms with Crippen LogP contribution in [-0.4, -0.2) is 15.0 Å². The van der Waals surface area contributed by atoms with Gasteiger partial charge in [-0.25, -0.2) is 9.37 Å². The molecule has 0 aliphatic carbocycles. The van der Waals surface area contributed by atoms with Gasteiger partial charge in [0.25, 0.3) is 0 Å². The van der Waals surface area contributed by atoms with Gasteiger partial charge in [-0.3, -0.25) is 4.98 Å². The quantitative estimate of drug-likeness (QED) is 0.559. The molecule has 0 unspecified atom stereocenters. The van der Waals surface area contributed by atoms with Crippen molar-refractivity contribution in [3.8, 4) is 11.4 Å². The number of hydrogen-bond acceptors (Lipinski definition) is 2. The van der Waals surface area contributed by atoms with Crippen LogP contribution in [0.3, 0.4) is 0 Å².